The van der Waals surface area contributed by atoms with Gasteiger partial charge in [-0.3, -0.25) is 0 Å². The molecule has 2 rings (SSSR count). The molecule has 0 bridgehead atoms. The molecule has 5 nitrogen and oxygen atoms in total. The number of aliphatic hydroxyl groups excluding tert-OH is 1. The molecule has 20 heavy (non-hydrogen) atoms. The van der Waals surface area contributed by atoms with Crippen LogP contribution >= 0.6 is 0 Å². The van der Waals surface area contributed by atoms with Crippen molar-refractivity contribution in [2.75, 3.05) is 13.1 Å². The van der Waals surface area contributed by atoms with E-state index >= 15 is 0 Å². The summed E-state index contributed by atoms with van der Waals surface area (Å²) in [5.41, 5.74) is -0.430. The van der Waals surface area contributed by atoms with Crippen LogP contribution in [0.25, 0.3) is 0 Å². The molecule has 0 radical (unpaired) electrons. The molecule has 0 aromatic heterocycles. The minimum atomic E-state index is -0.430. The van der Waals surface area contributed by atoms with Crippen LogP contribution in [-0.4, -0.2) is 53.0 Å². The Bertz CT molecular complexity index is 333. The number of nitrogens with one attached hydrogen (secondary N) is 1. The second-order valence-corrected chi connectivity index (χ2v) is 7.01. The number of aliphatic hydroxyl groups is 1. The van der Waals surface area contributed by atoms with Gasteiger partial charge in [0, 0.05) is 25.2 Å². The van der Waals surface area contributed by atoms with Gasteiger partial charge in [-0.15, -0.1) is 0 Å². The number of nitrogens with zero attached hydrogens (tertiary/aromatic N) is 1. The van der Waals surface area contributed by atoms with E-state index in [2.05, 4.69) is 5.32 Å². The molecule has 0 aromatic carbocycles. The van der Waals surface area contributed by atoms with Crippen molar-refractivity contribution >= 4 is 6.09 Å². The van der Waals surface area contributed by atoms with Crippen molar-refractivity contribution in [3.05, 3.63) is 0 Å². The first kappa shape index (κ1) is 15.6. The number of hydrogen-bond acceptors (Lipinski definition) is 4. The average molecular weight is 284 g/mol. The average Bonchev–Trinajstić information content (AvgIpc) is 2.74. The lowest BCUT2D eigenvalue weighted by molar-refractivity contribution is 0.0189. The number of hydrogen-bond donors (Lipinski definition) is 2. The first-order chi connectivity index (χ1) is 9.35. The van der Waals surface area contributed by atoms with Crippen molar-refractivity contribution in [3.8, 4) is 0 Å². The molecule has 1 heterocycles. The fourth-order valence-electron chi connectivity index (χ4n) is 2.99. The molecule has 1 saturated heterocycles. The molecule has 1 amide bonds. The molecule has 5 heteroatoms. The van der Waals surface area contributed by atoms with Crippen LogP contribution in [0.2, 0.25) is 0 Å². The van der Waals surface area contributed by atoms with Crippen molar-refractivity contribution in [2.24, 2.45) is 0 Å². The normalized spacial score (nSPS) is 28.7. The summed E-state index contributed by atoms with van der Waals surface area (Å²) >= 11 is 0. The third kappa shape index (κ3) is 4.35. The molecular formula is C15H28N2O3. The van der Waals surface area contributed by atoms with Crippen molar-refractivity contribution in [1.29, 1.82) is 0 Å². The summed E-state index contributed by atoms with van der Waals surface area (Å²) in [7, 11) is 0. The molecule has 2 N–H and O–H groups in total. The summed E-state index contributed by atoms with van der Waals surface area (Å²) in [4.78, 5) is 13.7. The van der Waals surface area contributed by atoms with Gasteiger partial charge in [-0.2, -0.15) is 0 Å². The fraction of sp³-hybridized carbons (Fsp3) is 0.933. The SMILES string of the molecule is CC(C)(C)OC(=O)N1CCC(NC2CCCC2O)CC1. The summed E-state index contributed by atoms with van der Waals surface area (Å²) in [6.07, 6.45) is 4.54. The Hall–Kier alpha value is -0.810. The van der Waals surface area contributed by atoms with E-state index in [0.717, 1.165) is 45.2 Å². The zero-order chi connectivity index (χ0) is 14.8. The van der Waals surface area contributed by atoms with Gasteiger partial charge in [0.15, 0.2) is 0 Å². The number of carbonyl (C=O) groups is 1. The smallest absolute Gasteiger partial charge is 0.410 e. The van der Waals surface area contributed by atoms with Gasteiger partial charge in [-0.25, -0.2) is 4.79 Å². The molecule has 2 atom stereocenters. The molecule has 2 fully saturated rings. The number of amides is 1. The molecule has 1 saturated carbocycles. The summed E-state index contributed by atoms with van der Waals surface area (Å²) in [5.74, 6) is 0. The lowest BCUT2D eigenvalue weighted by Gasteiger charge is -2.35. The molecule has 0 aromatic rings. The Kier molecular flexibility index (Phi) is 4.91. The van der Waals surface area contributed by atoms with Crippen LogP contribution in [0.4, 0.5) is 4.79 Å². The highest BCUT2D eigenvalue weighted by molar-refractivity contribution is 5.68. The molecule has 1 aliphatic heterocycles. The van der Waals surface area contributed by atoms with Crippen LogP contribution < -0.4 is 5.32 Å². The van der Waals surface area contributed by atoms with Crippen LogP contribution in [0.5, 0.6) is 0 Å². The van der Waals surface area contributed by atoms with E-state index in [4.69, 9.17) is 4.74 Å². The van der Waals surface area contributed by atoms with E-state index in [9.17, 15) is 9.90 Å². The molecule has 116 valence electrons. The minimum absolute atomic E-state index is 0.195. The maximum atomic E-state index is 12.0. The van der Waals surface area contributed by atoms with Crippen LogP contribution in [0, 0.1) is 0 Å². The number of rotatable bonds is 2. The lowest BCUT2D eigenvalue weighted by Crippen LogP contribution is -2.50. The number of likely N-dealkylation sites (tertiary alicyclic amines) is 1. The highest BCUT2D eigenvalue weighted by Gasteiger charge is 2.31. The number of ether oxygens (including phenoxy) is 1. The molecule has 2 unspecified atom stereocenters. The number of piperidine rings is 1. The minimum Gasteiger partial charge on any atom is -0.444 e. The number of carbonyl (C=O) groups excluding carboxylic acids is 1. The topological polar surface area (TPSA) is 61.8 Å². The summed E-state index contributed by atoms with van der Waals surface area (Å²) in [6, 6.07) is 0.652. The van der Waals surface area contributed by atoms with E-state index in [1.54, 1.807) is 4.90 Å². The van der Waals surface area contributed by atoms with Gasteiger partial charge in [0.05, 0.1) is 6.10 Å². The maximum absolute atomic E-state index is 12.0. The predicted molar refractivity (Wildman–Crippen MR) is 77.6 cm³/mol. The fourth-order valence-corrected chi connectivity index (χ4v) is 2.99. The second kappa shape index (κ2) is 6.31. The Morgan fingerprint density at radius 3 is 2.35 bits per heavy atom. The highest BCUT2D eigenvalue weighted by atomic mass is 16.6. The van der Waals surface area contributed by atoms with E-state index < -0.39 is 5.60 Å². The van der Waals surface area contributed by atoms with Crippen LogP contribution in [0.15, 0.2) is 0 Å². The van der Waals surface area contributed by atoms with Crippen molar-refractivity contribution in [1.82, 2.24) is 10.2 Å². The van der Waals surface area contributed by atoms with Gasteiger partial charge in [0.25, 0.3) is 0 Å². The molecular weight excluding hydrogens is 256 g/mol. The van der Waals surface area contributed by atoms with Gasteiger partial charge < -0.3 is 20.1 Å². The van der Waals surface area contributed by atoms with Gasteiger partial charge in [-0.1, -0.05) is 0 Å². The van der Waals surface area contributed by atoms with Crippen molar-refractivity contribution < 1.29 is 14.6 Å². The summed E-state index contributed by atoms with van der Waals surface area (Å²) in [6.45, 7) is 7.13. The monoisotopic (exact) mass is 284 g/mol. The Morgan fingerprint density at radius 2 is 1.85 bits per heavy atom. The quantitative estimate of drug-likeness (QED) is 0.813. The van der Waals surface area contributed by atoms with Crippen molar-refractivity contribution in [2.45, 2.75) is 76.7 Å². The van der Waals surface area contributed by atoms with Crippen LogP contribution in [-0.2, 0) is 4.74 Å². The first-order valence-corrected chi connectivity index (χ1v) is 7.77. The summed E-state index contributed by atoms with van der Waals surface area (Å²) < 4.78 is 5.39. The van der Waals surface area contributed by atoms with Gasteiger partial charge in [0.2, 0.25) is 0 Å². The van der Waals surface area contributed by atoms with Gasteiger partial charge >= 0.3 is 6.09 Å². The highest BCUT2D eigenvalue weighted by Crippen LogP contribution is 2.22. The Labute approximate surface area is 121 Å². The lowest BCUT2D eigenvalue weighted by atomic mass is 10.0. The third-order valence-corrected chi connectivity index (χ3v) is 4.08. The predicted octanol–water partition coefficient (Wildman–Crippen LogP) is 1.89. The first-order valence-electron chi connectivity index (χ1n) is 7.77. The van der Waals surface area contributed by atoms with E-state index in [0.29, 0.717) is 6.04 Å². The Morgan fingerprint density at radius 1 is 1.20 bits per heavy atom. The largest absolute Gasteiger partial charge is 0.444 e. The summed E-state index contributed by atoms with van der Waals surface area (Å²) in [5, 5.41) is 13.4. The van der Waals surface area contributed by atoms with Crippen LogP contribution in [0.1, 0.15) is 52.9 Å². The molecule has 2 aliphatic rings. The van der Waals surface area contributed by atoms with Gasteiger partial charge in [0.1, 0.15) is 5.60 Å². The molecule has 1 aliphatic carbocycles. The molecule has 0 spiro atoms. The third-order valence-electron chi connectivity index (χ3n) is 4.08. The Balaban J connectivity index is 1.73. The van der Waals surface area contributed by atoms with E-state index in [1.165, 1.54) is 0 Å². The maximum Gasteiger partial charge on any atom is 0.410 e. The van der Waals surface area contributed by atoms with Gasteiger partial charge in [-0.05, 0) is 52.9 Å². The van der Waals surface area contributed by atoms with E-state index in [-0.39, 0.29) is 18.2 Å². The van der Waals surface area contributed by atoms with Crippen molar-refractivity contribution in [3.63, 3.8) is 0 Å². The standard InChI is InChI=1S/C15H28N2O3/c1-15(2,3)20-14(19)17-9-7-11(8-10-17)16-12-5-4-6-13(12)18/h11-13,16,18H,4-10H2,1-3H3. The zero-order valence-electron chi connectivity index (χ0n) is 12.9. The second-order valence-electron chi connectivity index (χ2n) is 7.01. The van der Waals surface area contributed by atoms with E-state index in [1.807, 2.05) is 20.8 Å². The zero-order valence-corrected chi connectivity index (χ0v) is 12.9. The van der Waals surface area contributed by atoms with Crippen LogP contribution in [0.3, 0.4) is 0 Å².